The topological polar surface area (TPSA) is 37.3 Å². The van der Waals surface area contributed by atoms with Gasteiger partial charge in [0.05, 0.1) is 77.6 Å². The van der Waals surface area contributed by atoms with Crippen LogP contribution in [-0.4, -0.2) is 17.6 Å². The van der Waals surface area contributed by atoms with Crippen LogP contribution in [0.1, 0.15) is 164 Å². The number of benzene rings is 18. The van der Waals surface area contributed by atoms with Crippen LogP contribution in [0.25, 0.3) is 208 Å². The van der Waals surface area contributed by atoms with Crippen LogP contribution in [0.2, 0.25) is 0 Å². The Balaban J connectivity index is 0.000000147. The van der Waals surface area contributed by atoms with E-state index in [1.165, 1.54) is 208 Å². The Hall–Kier alpha value is -15.4. The van der Waals surface area contributed by atoms with Gasteiger partial charge >= 0.3 is 0 Å². The smallest absolute Gasteiger partial charge is 0.159 e. The SMILES string of the molecule is CC(C)(C)c1ccc2c(c1)c1cc(C(C)(C)C)cc3c4cc5c(cc4n2c13)c1cc(C(C)(C)C)cc2c3ccc(N(c4ccccc4)c4ccccc4-c4ccccc4)cc3n5c21.Cc1ccc(-c2ccccc2)cc1N(c1ccc2c3cc(C(C)(C)C)cc4c5cc6c(cc5n(c2c1)c34)c1cc(C(C)(C)C)cc2c3cc(C(C)(C)C)ccc3n6c21)c1cccc2c1oc1c(-c3ccccc3)cccc12. The van der Waals surface area contributed by atoms with E-state index in [-0.39, 0.29) is 32.5 Å². The van der Waals surface area contributed by atoms with Crippen molar-refractivity contribution in [2.45, 2.75) is 164 Å². The van der Waals surface area contributed by atoms with Gasteiger partial charge in [-0.2, -0.15) is 0 Å². The first-order valence-electron chi connectivity index (χ1n) is 50.0. The van der Waals surface area contributed by atoms with Crippen molar-refractivity contribution in [3.8, 4) is 33.4 Å². The lowest BCUT2D eigenvalue weighted by Crippen LogP contribution is -2.12. The summed E-state index contributed by atoms with van der Waals surface area (Å²) < 4.78 is 17.6. The normalized spacial score (nSPS) is 13.1. The first-order chi connectivity index (χ1) is 67.1. The average Bonchev–Trinajstić information content (AvgIpc) is 1.51. The zero-order valence-corrected chi connectivity index (χ0v) is 83.5. The number of para-hydroxylation sites is 4. The summed E-state index contributed by atoms with van der Waals surface area (Å²) in [4.78, 5) is 4.89. The Morgan fingerprint density at radius 2 is 0.507 bits per heavy atom. The third-order valence-electron chi connectivity index (χ3n) is 31.1. The lowest BCUT2D eigenvalue weighted by atomic mass is 9.84. The molecule has 0 unspecified atom stereocenters. The molecule has 9 heterocycles. The molecule has 27 aromatic rings. The van der Waals surface area contributed by atoms with Crippen LogP contribution in [-0.2, 0) is 32.5 Å². The molecule has 7 heteroatoms. The van der Waals surface area contributed by atoms with Gasteiger partial charge in [0.2, 0.25) is 0 Å². The molecule has 27 rings (SSSR count). The molecule has 0 saturated carbocycles. The van der Waals surface area contributed by atoms with E-state index in [2.05, 4.69) is 505 Å². The molecule has 0 fully saturated rings. The molecule has 9 aromatic heterocycles. The van der Waals surface area contributed by atoms with Crippen molar-refractivity contribution in [2.24, 2.45) is 0 Å². The molecule has 0 aliphatic carbocycles. The highest BCUT2D eigenvalue weighted by Crippen LogP contribution is 2.55. The molecule has 0 saturated heterocycles. The van der Waals surface area contributed by atoms with Crippen molar-refractivity contribution in [1.29, 1.82) is 0 Å². The first kappa shape index (κ1) is 85.0. The van der Waals surface area contributed by atoms with E-state index in [9.17, 15) is 0 Å². The van der Waals surface area contributed by atoms with E-state index in [0.29, 0.717) is 0 Å². The first-order valence-corrected chi connectivity index (χ1v) is 50.0. The molecule has 0 atom stereocenters. The zero-order chi connectivity index (χ0) is 95.9. The van der Waals surface area contributed by atoms with E-state index in [1.807, 2.05) is 0 Å². The van der Waals surface area contributed by atoms with Crippen LogP contribution in [0.5, 0.6) is 0 Å². The quantitative estimate of drug-likeness (QED) is 0.145. The number of hydrogen-bond donors (Lipinski definition) is 0. The second-order valence-corrected chi connectivity index (χ2v) is 46.2. The fourth-order valence-corrected chi connectivity index (χ4v) is 23.5. The van der Waals surface area contributed by atoms with Crippen LogP contribution in [0.4, 0.5) is 34.1 Å². The van der Waals surface area contributed by atoms with Gasteiger partial charge in [0.1, 0.15) is 5.58 Å². The molecule has 140 heavy (non-hydrogen) atoms. The number of hydrogen-bond acceptors (Lipinski definition) is 3. The molecule has 682 valence electrons. The Bertz CT molecular complexity index is 9800. The fraction of sp³-hybridized carbons (Fsp3) is 0.188. The van der Waals surface area contributed by atoms with Crippen LogP contribution in [0.3, 0.4) is 0 Å². The number of fused-ring (bicyclic) bond motifs is 27. The number of furan rings is 1. The second-order valence-electron chi connectivity index (χ2n) is 46.2. The van der Waals surface area contributed by atoms with Gasteiger partial charge in [-0.25, -0.2) is 0 Å². The maximum absolute atomic E-state index is 7.24. The molecule has 0 spiro atoms. The summed E-state index contributed by atoms with van der Waals surface area (Å²) in [6, 6.07) is 131. The van der Waals surface area contributed by atoms with Crippen LogP contribution >= 0.6 is 0 Å². The Morgan fingerprint density at radius 3 is 0.929 bits per heavy atom. The van der Waals surface area contributed by atoms with E-state index in [0.717, 1.165) is 72.8 Å². The molecule has 0 aliphatic heterocycles. The molecule has 0 aliphatic rings. The van der Waals surface area contributed by atoms with Crippen molar-refractivity contribution >= 4 is 208 Å². The van der Waals surface area contributed by atoms with Crippen LogP contribution < -0.4 is 9.80 Å². The van der Waals surface area contributed by atoms with E-state index >= 15 is 0 Å². The summed E-state index contributed by atoms with van der Waals surface area (Å²) in [7, 11) is 0. The summed E-state index contributed by atoms with van der Waals surface area (Å²) in [5.74, 6) is 0. The number of aryl methyl sites for hydroxylation is 1. The Labute approximate surface area is 816 Å². The highest BCUT2D eigenvalue weighted by molar-refractivity contribution is 6.32. The summed E-state index contributed by atoms with van der Waals surface area (Å²) in [5, 5.41) is 23.1. The average molecular weight is 1810 g/mol. The molecule has 0 N–H and O–H groups in total. The van der Waals surface area contributed by atoms with Crippen molar-refractivity contribution in [1.82, 2.24) is 17.6 Å². The predicted octanol–water partition coefficient (Wildman–Crippen LogP) is 37.9. The highest BCUT2D eigenvalue weighted by Gasteiger charge is 2.34. The van der Waals surface area contributed by atoms with Gasteiger partial charge in [-0.3, -0.25) is 0 Å². The summed E-state index contributed by atoms with van der Waals surface area (Å²) in [6.45, 7) is 44.3. The van der Waals surface area contributed by atoms with Crippen molar-refractivity contribution in [2.75, 3.05) is 9.80 Å². The maximum atomic E-state index is 7.24. The van der Waals surface area contributed by atoms with Gasteiger partial charge in [-0.05, 0) is 252 Å². The molecule has 7 nitrogen and oxygen atoms in total. The second kappa shape index (κ2) is 29.8. The van der Waals surface area contributed by atoms with Crippen LogP contribution in [0.15, 0.2) is 350 Å². The number of anilines is 6. The monoisotopic (exact) mass is 1810 g/mol. The predicted molar refractivity (Wildman–Crippen MR) is 601 cm³/mol. The standard InChI is InChI=1S/C73H61N3O.C60H53N3/c1-42-27-28-45(43-19-13-11-14-20-43)33-63(42)74(62-26-18-25-53-52-24-17-23-50(69(52)77-70(53)62)44-21-15-12-16-22-44)49-30-31-51-57-35-47(72(5,6)7)37-59-56-40-65-55(41-66(56)76(67(57)59)64(51)39-49)60-38-48(73(8,9)10)36-58-54-34-46(71(2,3)4)29-32-61(54)75(65)68(58)60;1-58(2,3)37-24-27-52-44(28-37)48-30-39(60(7,8)9)32-50-45-35-55-46(34-54(45)62(52)57(48)50)49-31-38(59(4,5)6)29-47-43-26-25-41(33-53(43)63(55)56(47)49)61(40-20-14-11-15-21-40)51-23-17-16-22-42(51)36-18-12-10-13-19-36/h11-41H,1-10H3;10-35H,1-9H3. The zero-order valence-electron chi connectivity index (χ0n) is 83.5. The van der Waals surface area contributed by atoms with E-state index in [4.69, 9.17) is 4.42 Å². The Morgan fingerprint density at radius 1 is 0.186 bits per heavy atom. The molecule has 0 amide bonds. The molecular formula is C133H114N6O. The van der Waals surface area contributed by atoms with Gasteiger partial charge in [-0.15, -0.1) is 0 Å². The van der Waals surface area contributed by atoms with Gasteiger partial charge in [0, 0.05) is 131 Å². The van der Waals surface area contributed by atoms with Crippen molar-refractivity contribution in [3.63, 3.8) is 0 Å². The lowest BCUT2D eigenvalue weighted by Gasteiger charge is -2.28. The third-order valence-corrected chi connectivity index (χ3v) is 31.1. The molecule has 0 bridgehead atoms. The van der Waals surface area contributed by atoms with E-state index in [1.54, 1.807) is 0 Å². The molecule has 0 radical (unpaired) electrons. The molecular weight excluding hydrogens is 1700 g/mol. The minimum Gasteiger partial charge on any atom is -0.453 e. The van der Waals surface area contributed by atoms with Gasteiger partial charge in [0.15, 0.2) is 5.58 Å². The van der Waals surface area contributed by atoms with Gasteiger partial charge < -0.3 is 31.8 Å². The highest BCUT2D eigenvalue weighted by atomic mass is 16.3. The Kier molecular flexibility index (Phi) is 18.1. The number of rotatable bonds is 9. The van der Waals surface area contributed by atoms with E-state index < -0.39 is 0 Å². The van der Waals surface area contributed by atoms with Crippen molar-refractivity contribution in [3.05, 3.63) is 385 Å². The molecule has 18 aromatic carbocycles. The summed E-state index contributed by atoms with van der Waals surface area (Å²) >= 11 is 0. The number of aromatic nitrogens is 4. The lowest BCUT2D eigenvalue weighted by molar-refractivity contribution is 0.590. The van der Waals surface area contributed by atoms with Gasteiger partial charge in [0.25, 0.3) is 0 Å². The van der Waals surface area contributed by atoms with Gasteiger partial charge in [-0.1, -0.05) is 319 Å². The number of nitrogens with zero attached hydrogens (tertiary/aromatic N) is 6. The summed E-state index contributed by atoms with van der Waals surface area (Å²) in [5.41, 5.74) is 39.6. The largest absolute Gasteiger partial charge is 0.453 e. The third kappa shape index (κ3) is 12.8. The fourth-order valence-electron chi connectivity index (χ4n) is 23.5. The minimum absolute atomic E-state index is 0.0111. The maximum Gasteiger partial charge on any atom is 0.159 e. The van der Waals surface area contributed by atoms with Crippen LogP contribution in [0, 0.1) is 6.92 Å². The van der Waals surface area contributed by atoms with Crippen molar-refractivity contribution < 1.29 is 4.42 Å². The minimum atomic E-state index is -0.0740. The summed E-state index contributed by atoms with van der Waals surface area (Å²) in [6.07, 6.45) is 0.